The molecule has 0 fully saturated rings. The number of methoxy groups -OCH3 is 1. The Hall–Kier alpha value is -4.20. The molecule has 4 rings (SSSR count). The van der Waals surface area contributed by atoms with Crippen LogP contribution in [0.5, 0.6) is 0 Å². The first-order chi connectivity index (χ1) is 20.3. The average Bonchev–Trinajstić information content (AvgIpc) is 3.33. The number of ether oxygens (including phenoxy) is 1. The Bertz CT molecular complexity index is 1860. The van der Waals surface area contributed by atoms with Crippen molar-refractivity contribution in [1.82, 2.24) is 4.72 Å². The lowest BCUT2D eigenvalue weighted by Gasteiger charge is -2.19. The topological polar surface area (TPSA) is 161 Å². The SMILES string of the molecule is CCS(=O)(=O)Nc1cccc2oc(C(=O)Nc3ccc(-c4ccc(S(=O)(=O)N[C@H](C(=O)OC)C(C)C)cc4)cc3)c(C)c12. The molecule has 1 heterocycles. The van der Waals surface area contributed by atoms with Gasteiger partial charge in [-0.05, 0) is 67.3 Å². The molecule has 0 saturated heterocycles. The minimum Gasteiger partial charge on any atom is -0.468 e. The minimum atomic E-state index is -3.97. The monoisotopic (exact) mass is 627 g/mol. The summed E-state index contributed by atoms with van der Waals surface area (Å²) in [6, 6.07) is 17.0. The second-order valence-electron chi connectivity index (χ2n) is 10.2. The third kappa shape index (κ3) is 7.07. The molecule has 0 radical (unpaired) electrons. The second-order valence-corrected chi connectivity index (χ2v) is 13.9. The molecule has 0 bridgehead atoms. The fourth-order valence-electron chi connectivity index (χ4n) is 4.42. The van der Waals surface area contributed by atoms with Crippen molar-refractivity contribution in [3.05, 3.63) is 78.1 Å². The Morgan fingerprint density at radius 1 is 0.907 bits per heavy atom. The van der Waals surface area contributed by atoms with E-state index in [0.29, 0.717) is 27.9 Å². The molecule has 3 aromatic carbocycles. The number of furan rings is 1. The van der Waals surface area contributed by atoms with E-state index < -0.39 is 38.0 Å². The van der Waals surface area contributed by atoms with E-state index in [0.717, 1.165) is 11.1 Å². The Morgan fingerprint density at radius 2 is 1.51 bits per heavy atom. The molecular weight excluding hydrogens is 594 g/mol. The van der Waals surface area contributed by atoms with Gasteiger partial charge in [0.05, 0.1) is 23.4 Å². The van der Waals surface area contributed by atoms with Gasteiger partial charge >= 0.3 is 5.97 Å². The van der Waals surface area contributed by atoms with Gasteiger partial charge < -0.3 is 14.5 Å². The van der Waals surface area contributed by atoms with Gasteiger partial charge in [0.25, 0.3) is 5.91 Å². The van der Waals surface area contributed by atoms with Crippen LogP contribution < -0.4 is 14.8 Å². The summed E-state index contributed by atoms with van der Waals surface area (Å²) in [5, 5.41) is 3.30. The maximum absolute atomic E-state index is 13.1. The second kappa shape index (κ2) is 12.6. The lowest BCUT2D eigenvalue weighted by atomic mass is 10.1. The van der Waals surface area contributed by atoms with Gasteiger partial charge in [-0.15, -0.1) is 0 Å². The molecule has 43 heavy (non-hydrogen) atoms. The van der Waals surface area contributed by atoms with Crippen LogP contribution in [0, 0.1) is 12.8 Å². The first-order valence-electron chi connectivity index (χ1n) is 13.4. The van der Waals surface area contributed by atoms with E-state index in [1.165, 1.54) is 26.2 Å². The number of anilines is 2. The highest BCUT2D eigenvalue weighted by molar-refractivity contribution is 7.92. The van der Waals surface area contributed by atoms with Crippen LogP contribution in [0.3, 0.4) is 0 Å². The number of carbonyl (C=O) groups is 2. The number of hydrogen-bond acceptors (Lipinski definition) is 8. The summed E-state index contributed by atoms with van der Waals surface area (Å²) in [5.74, 6) is -1.52. The lowest BCUT2D eigenvalue weighted by molar-refractivity contribution is -0.143. The number of fused-ring (bicyclic) bond motifs is 1. The van der Waals surface area contributed by atoms with Gasteiger partial charge in [0.2, 0.25) is 20.0 Å². The highest BCUT2D eigenvalue weighted by Gasteiger charge is 2.29. The van der Waals surface area contributed by atoms with E-state index in [2.05, 4.69) is 14.8 Å². The minimum absolute atomic E-state index is 0.00143. The fraction of sp³-hybridized carbons (Fsp3) is 0.267. The number of rotatable bonds is 11. The molecule has 4 aromatic rings. The number of nitrogens with one attached hydrogen (secondary N) is 3. The number of hydrogen-bond donors (Lipinski definition) is 3. The van der Waals surface area contributed by atoms with Crippen molar-refractivity contribution in [2.45, 2.75) is 38.6 Å². The molecule has 13 heteroatoms. The highest BCUT2D eigenvalue weighted by Crippen LogP contribution is 2.33. The zero-order valence-corrected chi connectivity index (χ0v) is 25.9. The van der Waals surface area contributed by atoms with E-state index >= 15 is 0 Å². The average molecular weight is 628 g/mol. The first-order valence-corrected chi connectivity index (χ1v) is 16.5. The Kier molecular flexibility index (Phi) is 9.28. The summed E-state index contributed by atoms with van der Waals surface area (Å²) >= 11 is 0. The molecule has 1 atom stereocenters. The summed E-state index contributed by atoms with van der Waals surface area (Å²) in [5.41, 5.74) is 3.21. The van der Waals surface area contributed by atoms with Gasteiger partial charge in [0, 0.05) is 16.6 Å². The van der Waals surface area contributed by atoms with Gasteiger partial charge in [0.1, 0.15) is 11.6 Å². The van der Waals surface area contributed by atoms with E-state index in [9.17, 15) is 26.4 Å². The van der Waals surface area contributed by atoms with Crippen molar-refractivity contribution in [2.75, 3.05) is 22.9 Å². The van der Waals surface area contributed by atoms with Crippen molar-refractivity contribution in [1.29, 1.82) is 0 Å². The number of benzene rings is 3. The van der Waals surface area contributed by atoms with Crippen LogP contribution >= 0.6 is 0 Å². The molecule has 0 saturated carbocycles. The molecule has 0 aliphatic heterocycles. The van der Waals surface area contributed by atoms with Crippen molar-refractivity contribution in [2.24, 2.45) is 5.92 Å². The zero-order chi connectivity index (χ0) is 31.5. The van der Waals surface area contributed by atoms with Gasteiger partial charge in [-0.3, -0.25) is 14.3 Å². The van der Waals surface area contributed by atoms with Crippen molar-refractivity contribution in [3.63, 3.8) is 0 Å². The predicted octanol–water partition coefficient (Wildman–Crippen LogP) is 4.90. The van der Waals surface area contributed by atoms with Gasteiger partial charge in [-0.2, -0.15) is 4.72 Å². The Labute approximate surface area is 250 Å². The molecule has 1 aromatic heterocycles. The summed E-state index contributed by atoms with van der Waals surface area (Å²) in [4.78, 5) is 25.1. The number of aryl methyl sites for hydroxylation is 1. The van der Waals surface area contributed by atoms with Crippen molar-refractivity contribution < 1.29 is 35.6 Å². The van der Waals surface area contributed by atoms with Crippen LogP contribution in [0.4, 0.5) is 11.4 Å². The molecule has 11 nitrogen and oxygen atoms in total. The number of amides is 1. The maximum Gasteiger partial charge on any atom is 0.324 e. The molecular formula is C30H33N3O8S2. The Morgan fingerprint density at radius 3 is 2.07 bits per heavy atom. The number of sulfonamides is 2. The summed E-state index contributed by atoms with van der Waals surface area (Å²) in [6.07, 6.45) is 0. The quantitative estimate of drug-likeness (QED) is 0.198. The maximum atomic E-state index is 13.1. The van der Waals surface area contributed by atoms with E-state index in [1.807, 2.05) is 0 Å². The van der Waals surface area contributed by atoms with Gasteiger partial charge in [-0.1, -0.05) is 44.2 Å². The molecule has 3 N–H and O–H groups in total. The number of carbonyl (C=O) groups excluding carboxylic acids is 2. The van der Waals surface area contributed by atoms with Gasteiger partial charge in [-0.25, -0.2) is 16.8 Å². The van der Waals surface area contributed by atoms with Crippen LogP contribution in [0.2, 0.25) is 0 Å². The molecule has 228 valence electrons. The van der Waals surface area contributed by atoms with Gasteiger partial charge in [0.15, 0.2) is 5.76 Å². The summed E-state index contributed by atoms with van der Waals surface area (Å²) in [6.45, 7) is 6.65. The Balaban J connectivity index is 1.49. The smallest absolute Gasteiger partial charge is 0.324 e. The van der Waals surface area contributed by atoms with Crippen molar-refractivity contribution in [3.8, 4) is 11.1 Å². The third-order valence-electron chi connectivity index (χ3n) is 6.85. The van der Waals surface area contributed by atoms with Crippen molar-refractivity contribution >= 4 is 54.3 Å². The van der Waals surface area contributed by atoms with Crippen LogP contribution in [0.1, 0.15) is 36.9 Å². The lowest BCUT2D eigenvalue weighted by Crippen LogP contribution is -2.44. The molecule has 1 amide bonds. The fourth-order valence-corrected chi connectivity index (χ4v) is 6.41. The highest BCUT2D eigenvalue weighted by atomic mass is 32.2. The first kappa shape index (κ1) is 31.7. The van der Waals surface area contributed by atoms with Crippen LogP contribution in [0.25, 0.3) is 22.1 Å². The molecule has 0 aliphatic rings. The standard InChI is InChI=1S/C30H33N3O8S2/c1-6-42(36,37)32-24-8-7-9-25-26(24)19(4)28(41-25)29(34)31-22-14-10-20(11-15-22)21-12-16-23(17-13-21)43(38,39)33-27(18(2)3)30(35)40-5/h7-18,27,32-33H,6H2,1-5H3,(H,31,34)/t27-/m0/s1. The van der Waals surface area contributed by atoms with Crippen LogP contribution in [-0.2, 0) is 29.6 Å². The zero-order valence-electron chi connectivity index (χ0n) is 24.3. The normalized spacial score (nSPS) is 12.7. The third-order valence-corrected chi connectivity index (χ3v) is 9.60. The molecule has 0 spiro atoms. The molecule has 0 aliphatic carbocycles. The van der Waals surface area contributed by atoms with E-state index in [1.54, 1.807) is 75.4 Å². The summed E-state index contributed by atoms with van der Waals surface area (Å²) < 4.78 is 65.4. The van der Waals surface area contributed by atoms with Crippen LogP contribution in [0.15, 0.2) is 76.0 Å². The van der Waals surface area contributed by atoms with E-state index in [4.69, 9.17) is 9.15 Å². The number of esters is 1. The van der Waals surface area contributed by atoms with E-state index in [-0.39, 0.29) is 22.3 Å². The van der Waals surface area contributed by atoms with Crippen LogP contribution in [-0.4, -0.2) is 47.6 Å². The largest absolute Gasteiger partial charge is 0.468 e. The summed E-state index contributed by atoms with van der Waals surface area (Å²) in [7, 11) is -6.30. The molecule has 0 unspecified atom stereocenters. The predicted molar refractivity (Wildman–Crippen MR) is 165 cm³/mol.